The summed E-state index contributed by atoms with van der Waals surface area (Å²) in [5, 5.41) is 8.50. The van der Waals surface area contributed by atoms with Crippen molar-refractivity contribution in [1.82, 2.24) is 9.97 Å². The van der Waals surface area contributed by atoms with Crippen LogP contribution in [0, 0.1) is 11.8 Å². The average Bonchev–Trinajstić information content (AvgIpc) is 2.07. The fourth-order valence-electron chi connectivity index (χ4n) is 0.566. The van der Waals surface area contributed by atoms with E-state index in [0.717, 1.165) is 0 Å². The summed E-state index contributed by atoms with van der Waals surface area (Å²) >= 11 is 5.56. The highest BCUT2D eigenvalue weighted by Crippen LogP contribution is 2.10. The molecular formula is C7H6ClN3O. The number of aliphatic hydroxyl groups excluding tert-OH is 1. The fraction of sp³-hybridized carbons (Fsp3) is 0.143. The summed E-state index contributed by atoms with van der Waals surface area (Å²) < 4.78 is 0. The van der Waals surface area contributed by atoms with Gasteiger partial charge in [0.25, 0.3) is 0 Å². The van der Waals surface area contributed by atoms with E-state index in [1.165, 1.54) is 6.20 Å². The summed E-state index contributed by atoms with van der Waals surface area (Å²) in [6.45, 7) is -0.219. The first kappa shape index (κ1) is 8.78. The van der Waals surface area contributed by atoms with Gasteiger partial charge in [0.1, 0.15) is 12.3 Å². The number of nitrogens with zero attached hydrogens (tertiary/aromatic N) is 2. The van der Waals surface area contributed by atoms with E-state index in [0.29, 0.717) is 5.69 Å². The standard InChI is InChI=1S/C7H6ClN3O/c8-6-7(9)10-4-5(11-6)2-1-3-12/h4,12H,3H2,(H2,9,10). The number of hydrogen-bond donors (Lipinski definition) is 2. The SMILES string of the molecule is Nc1ncc(C#CCO)nc1Cl. The summed E-state index contributed by atoms with van der Waals surface area (Å²) in [7, 11) is 0. The molecule has 0 aliphatic heterocycles. The molecule has 5 heteroatoms. The lowest BCUT2D eigenvalue weighted by Gasteiger charge is -1.94. The molecule has 4 nitrogen and oxygen atoms in total. The van der Waals surface area contributed by atoms with Crippen LogP contribution in [0.15, 0.2) is 6.20 Å². The maximum Gasteiger partial charge on any atom is 0.172 e. The predicted octanol–water partition coefficient (Wildman–Crippen LogP) is 0.0560. The van der Waals surface area contributed by atoms with Gasteiger partial charge >= 0.3 is 0 Å². The van der Waals surface area contributed by atoms with Crippen molar-refractivity contribution in [1.29, 1.82) is 0 Å². The first-order valence-corrected chi connectivity index (χ1v) is 3.49. The quantitative estimate of drug-likeness (QED) is 0.558. The molecule has 12 heavy (non-hydrogen) atoms. The van der Waals surface area contributed by atoms with Crippen LogP contribution >= 0.6 is 11.6 Å². The van der Waals surface area contributed by atoms with Crippen molar-refractivity contribution in [3.8, 4) is 11.8 Å². The molecule has 0 spiro atoms. The normalized spacial score (nSPS) is 8.83. The third kappa shape index (κ3) is 2.09. The summed E-state index contributed by atoms with van der Waals surface area (Å²) in [5.41, 5.74) is 5.71. The number of rotatable bonds is 0. The van der Waals surface area contributed by atoms with E-state index in [1.54, 1.807) is 0 Å². The van der Waals surface area contributed by atoms with Gasteiger partial charge in [-0.1, -0.05) is 17.5 Å². The molecule has 62 valence electrons. The van der Waals surface area contributed by atoms with Gasteiger partial charge in [0.2, 0.25) is 0 Å². The zero-order chi connectivity index (χ0) is 8.97. The van der Waals surface area contributed by atoms with E-state index in [9.17, 15) is 0 Å². The number of anilines is 1. The zero-order valence-electron chi connectivity index (χ0n) is 6.08. The van der Waals surface area contributed by atoms with E-state index in [4.69, 9.17) is 22.4 Å². The summed E-state index contributed by atoms with van der Waals surface area (Å²) in [6, 6.07) is 0. The summed E-state index contributed by atoms with van der Waals surface area (Å²) in [5.74, 6) is 5.14. The molecular weight excluding hydrogens is 178 g/mol. The maximum atomic E-state index is 8.37. The van der Waals surface area contributed by atoms with Crippen LogP contribution in [0.2, 0.25) is 5.15 Å². The van der Waals surface area contributed by atoms with Crippen LogP contribution in [-0.2, 0) is 0 Å². The Bertz CT molecular complexity index is 342. The van der Waals surface area contributed by atoms with Crippen molar-refractivity contribution in [3.05, 3.63) is 17.0 Å². The maximum absolute atomic E-state index is 8.37. The van der Waals surface area contributed by atoms with Gasteiger partial charge in [-0.15, -0.1) is 0 Å². The molecule has 0 aromatic carbocycles. The molecule has 0 aliphatic rings. The molecule has 3 N–H and O–H groups in total. The van der Waals surface area contributed by atoms with Crippen LogP contribution in [-0.4, -0.2) is 21.7 Å². The molecule has 0 fully saturated rings. The molecule has 0 aliphatic carbocycles. The van der Waals surface area contributed by atoms with Crippen molar-refractivity contribution in [2.45, 2.75) is 0 Å². The molecule has 1 heterocycles. The Morgan fingerprint density at radius 3 is 3.00 bits per heavy atom. The van der Waals surface area contributed by atoms with Crippen LogP contribution in [0.3, 0.4) is 0 Å². The van der Waals surface area contributed by atoms with E-state index >= 15 is 0 Å². The lowest BCUT2D eigenvalue weighted by Crippen LogP contribution is -1.95. The van der Waals surface area contributed by atoms with E-state index < -0.39 is 0 Å². The zero-order valence-corrected chi connectivity index (χ0v) is 6.84. The third-order valence-electron chi connectivity index (χ3n) is 1.05. The van der Waals surface area contributed by atoms with Crippen molar-refractivity contribution >= 4 is 17.4 Å². The highest BCUT2D eigenvalue weighted by molar-refractivity contribution is 6.31. The Labute approximate surface area is 74.4 Å². The Morgan fingerprint density at radius 2 is 2.42 bits per heavy atom. The van der Waals surface area contributed by atoms with E-state index in [-0.39, 0.29) is 17.6 Å². The number of halogens is 1. The minimum Gasteiger partial charge on any atom is -0.384 e. The fourth-order valence-corrected chi connectivity index (χ4v) is 0.706. The smallest absolute Gasteiger partial charge is 0.172 e. The van der Waals surface area contributed by atoms with Crippen LogP contribution in [0.1, 0.15) is 5.69 Å². The van der Waals surface area contributed by atoms with Crippen molar-refractivity contribution in [2.75, 3.05) is 12.3 Å². The number of aromatic nitrogens is 2. The predicted molar refractivity (Wildman–Crippen MR) is 45.4 cm³/mol. The van der Waals surface area contributed by atoms with E-state index in [2.05, 4.69) is 21.8 Å². The second-order valence-corrected chi connectivity index (χ2v) is 2.25. The number of hydrogen-bond acceptors (Lipinski definition) is 4. The van der Waals surface area contributed by atoms with E-state index in [1.807, 2.05) is 0 Å². The molecule has 0 unspecified atom stereocenters. The molecule has 0 radical (unpaired) electrons. The number of nitrogens with two attached hydrogens (primary N) is 1. The van der Waals surface area contributed by atoms with Gasteiger partial charge in [0.05, 0.1) is 6.20 Å². The van der Waals surface area contributed by atoms with Crippen LogP contribution in [0.4, 0.5) is 5.82 Å². The van der Waals surface area contributed by atoms with Gasteiger partial charge in [-0.3, -0.25) is 0 Å². The van der Waals surface area contributed by atoms with Crippen molar-refractivity contribution in [2.24, 2.45) is 0 Å². The Morgan fingerprint density at radius 1 is 1.67 bits per heavy atom. The second kappa shape index (κ2) is 3.90. The summed E-state index contributed by atoms with van der Waals surface area (Å²) in [4.78, 5) is 7.53. The third-order valence-corrected chi connectivity index (χ3v) is 1.33. The Kier molecular flexibility index (Phi) is 2.86. The van der Waals surface area contributed by atoms with Crippen molar-refractivity contribution < 1.29 is 5.11 Å². The lowest BCUT2D eigenvalue weighted by molar-refractivity contribution is 0.350. The first-order valence-electron chi connectivity index (χ1n) is 3.12. The van der Waals surface area contributed by atoms with Crippen LogP contribution in [0.25, 0.3) is 0 Å². The first-order chi connectivity index (χ1) is 5.74. The molecule has 1 aromatic rings. The Hall–Kier alpha value is -1.31. The van der Waals surface area contributed by atoms with Gasteiger partial charge in [-0.05, 0) is 5.92 Å². The molecule has 1 rings (SSSR count). The number of nitrogen functional groups attached to an aromatic ring is 1. The summed E-state index contributed by atoms with van der Waals surface area (Å²) in [6.07, 6.45) is 1.39. The van der Waals surface area contributed by atoms with Gasteiger partial charge in [0.15, 0.2) is 11.0 Å². The van der Waals surface area contributed by atoms with Gasteiger partial charge in [0, 0.05) is 0 Å². The second-order valence-electron chi connectivity index (χ2n) is 1.89. The molecule has 1 aromatic heterocycles. The highest BCUT2D eigenvalue weighted by atomic mass is 35.5. The lowest BCUT2D eigenvalue weighted by atomic mass is 10.4. The Balaban J connectivity index is 2.97. The van der Waals surface area contributed by atoms with Crippen molar-refractivity contribution in [3.63, 3.8) is 0 Å². The molecule has 0 saturated heterocycles. The molecule has 0 saturated carbocycles. The highest BCUT2D eigenvalue weighted by Gasteiger charge is 1.98. The largest absolute Gasteiger partial charge is 0.384 e. The minimum atomic E-state index is -0.219. The van der Waals surface area contributed by atoms with Crippen LogP contribution < -0.4 is 5.73 Å². The minimum absolute atomic E-state index is 0.125. The molecule has 0 atom stereocenters. The van der Waals surface area contributed by atoms with Gasteiger partial charge < -0.3 is 10.8 Å². The van der Waals surface area contributed by atoms with Crippen LogP contribution in [0.5, 0.6) is 0 Å². The topological polar surface area (TPSA) is 72.0 Å². The van der Waals surface area contributed by atoms with Gasteiger partial charge in [-0.25, -0.2) is 9.97 Å². The molecule has 0 bridgehead atoms. The average molecular weight is 184 g/mol. The molecule has 0 amide bonds. The number of aliphatic hydroxyl groups is 1. The van der Waals surface area contributed by atoms with Gasteiger partial charge in [-0.2, -0.15) is 0 Å². The monoisotopic (exact) mass is 183 g/mol.